The fourth-order valence-electron chi connectivity index (χ4n) is 3.02. The Kier molecular flexibility index (Phi) is 16.8. The van der Waals surface area contributed by atoms with Crippen LogP contribution < -0.4 is 32.7 Å². The Morgan fingerprint density at radius 2 is 1.50 bits per heavy atom. The van der Waals surface area contributed by atoms with Crippen LogP contribution in [0.1, 0.15) is 46.0 Å². The molecular weight excluding hydrogens is 464 g/mol. The highest BCUT2D eigenvalue weighted by Gasteiger charge is 2.27. The number of nitrogens with two attached hydrogens (primary N) is 2. The van der Waals surface area contributed by atoms with E-state index in [1.165, 1.54) is 11.8 Å². The SMILES string of the molecule is CSCCC(NC(=O)C(CC(C)C)NC(=O)CN)C(=O)NCC(=O)NC(CCCCN)C(=O)O. The molecule has 196 valence electrons. The Morgan fingerprint density at radius 1 is 0.853 bits per heavy atom. The van der Waals surface area contributed by atoms with Crippen LogP contribution >= 0.6 is 11.8 Å². The highest BCUT2D eigenvalue weighted by molar-refractivity contribution is 7.98. The Balaban J connectivity index is 5.05. The van der Waals surface area contributed by atoms with Crippen LogP contribution in [0.2, 0.25) is 0 Å². The average molecular weight is 505 g/mol. The van der Waals surface area contributed by atoms with Gasteiger partial charge in [-0.3, -0.25) is 19.2 Å². The van der Waals surface area contributed by atoms with E-state index in [2.05, 4.69) is 21.3 Å². The predicted molar refractivity (Wildman–Crippen MR) is 131 cm³/mol. The third-order valence-electron chi connectivity index (χ3n) is 4.79. The largest absolute Gasteiger partial charge is 0.480 e. The highest BCUT2D eigenvalue weighted by Crippen LogP contribution is 2.07. The van der Waals surface area contributed by atoms with Crippen molar-refractivity contribution in [3.05, 3.63) is 0 Å². The van der Waals surface area contributed by atoms with E-state index in [4.69, 9.17) is 11.5 Å². The maximum absolute atomic E-state index is 12.8. The van der Waals surface area contributed by atoms with Crippen molar-refractivity contribution in [1.29, 1.82) is 0 Å². The fraction of sp³-hybridized carbons (Fsp3) is 0.762. The zero-order valence-electron chi connectivity index (χ0n) is 20.2. The molecule has 0 saturated carbocycles. The summed E-state index contributed by atoms with van der Waals surface area (Å²) < 4.78 is 0. The van der Waals surface area contributed by atoms with Gasteiger partial charge in [-0.05, 0) is 56.6 Å². The molecule has 0 rings (SSSR count). The minimum atomic E-state index is -1.17. The molecule has 0 radical (unpaired) electrons. The van der Waals surface area contributed by atoms with Crippen LogP contribution in [0.5, 0.6) is 0 Å². The summed E-state index contributed by atoms with van der Waals surface area (Å²) in [6, 6.07) is -2.86. The third-order valence-corrected chi connectivity index (χ3v) is 5.44. The third kappa shape index (κ3) is 14.0. The van der Waals surface area contributed by atoms with E-state index in [1.807, 2.05) is 20.1 Å². The van der Waals surface area contributed by atoms with Crippen molar-refractivity contribution < 1.29 is 29.1 Å². The number of hydrogen-bond donors (Lipinski definition) is 7. The first-order valence-electron chi connectivity index (χ1n) is 11.3. The van der Waals surface area contributed by atoms with Crippen molar-refractivity contribution in [2.75, 3.05) is 31.6 Å². The molecule has 9 N–H and O–H groups in total. The molecule has 0 heterocycles. The van der Waals surface area contributed by atoms with E-state index in [-0.39, 0.29) is 18.9 Å². The maximum atomic E-state index is 12.8. The number of thioether (sulfide) groups is 1. The predicted octanol–water partition coefficient (Wildman–Crippen LogP) is -1.47. The van der Waals surface area contributed by atoms with Crippen LogP contribution in [0.4, 0.5) is 0 Å². The summed E-state index contributed by atoms with van der Waals surface area (Å²) in [7, 11) is 0. The van der Waals surface area contributed by atoms with Gasteiger partial charge in [-0.1, -0.05) is 13.8 Å². The lowest BCUT2D eigenvalue weighted by Gasteiger charge is -2.24. The summed E-state index contributed by atoms with van der Waals surface area (Å²) in [6.07, 6.45) is 3.92. The van der Waals surface area contributed by atoms with Crippen LogP contribution in [0.3, 0.4) is 0 Å². The van der Waals surface area contributed by atoms with Crippen LogP contribution in [-0.2, 0) is 24.0 Å². The van der Waals surface area contributed by atoms with Crippen molar-refractivity contribution in [2.45, 2.75) is 64.1 Å². The number of aliphatic carboxylic acids is 1. The summed E-state index contributed by atoms with van der Waals surface area (Å²) in [6.45, 7) is 3.51. The van der Waals surface area contributed by atoms with Gasteiger partial charge in [0.25, 0.3) is 0 Å². The first-order chi connectivity index (χ1) is 16.0. The van der Waals surface area contributed by atoms with Gasteiger partial charge in [-0.2, -0.15) is 11.8 Å². The molecule has 0 aliphatic heterocycles. The van der Waals surface area contributed by atoms with Crippen molar-refractivity contribution in [3.8, 4) is 0 Å². The molecule has 0 saturated heterocycles. The smallest absolute Gasteiger partial charge is 0.326 e. The molecular formula is C21H40N6O6S. The molecule has 13 heteroatoms. The summed E-state index contributed by atoms with van der Waals surface area (Å²) in [5.41, 5.74) is 10.7. The van der Waals surface area contributed by atoms with Gasteiger partial charge in [0.2, 0.25) is 23.6 Å². The standard InChI is InChI=1S/C21H40N6O6S/c1-13(2)10-16(26-17(28)11-23)20(31)27-14(7-9-34-3)19(30)24-12-18(29)25-15(21(32)33)6-4-5-8-22/h13-16H,4-12,22-23H2,1-3H3,(H,24,30)(H,25,29)(H,26,28)(H,27,31)(H,32,33). The first-order valence-corrected chi connectivity index (χ1v) is 12.7. The van der Waals surface area contributed by atoms with Gasteiger partial charge in [-0.15, -0.1) is 0 Å². The summed E-state index contributed by atoms with van der Waals surface area (Å²) in [5, 5.41) is 19.3. The molecule has 3 unspecified atom stereocenters. The Labute approximate surface area is 205 Å². The van der Waals surface area contributed by atoms with Gasteiger partial charge in [0.05, 0.1) is 13.1 Å². The van der Waals surface area contributed by atoms with Crippen LogP contribution in [0, 0.1) is 5.92 Å². The number of carboxylic acid groups (broad SMARTS) is 1. The molecule has 0 aromatic heterocycles. The Bertz CT molecular complexity index is 678. The molecule has 0 aromatic rings. The fourth-order valence-corrected chi connectivity index (χ4v) is 3.49. The lowest BCUT2D eigenvalue weighted by Crippen LogP contribution is -2.55. The molecule has 4 amide bonds. The van der Waals surface area contributed by atoms with Crippen LogP contribution in [0.25, 0.3) is 0 Å². The molecule has 0 bridgehead atoms. The van der Waals surface area contributed by atoms with E-state index in [1.54, 1.807) is 0 Å². The van der Waals surface area contributed by atoms with Crippen molar-refractivity contribution >= 4 is 41.4 Å². The summed E-state index contributed by atoms with van der Waals surface area (Å²) in [5.74, 6) is -2.75. The number of unbranched alkanes of at least 4 members (excludes halogenated alkanes) is 1. The second-order valence-electron chi connectivity index (χ2n) is 8.26. The quantitative estimate of drug-likeness (QED) is 0.109. The van der Waals surface area contributed by atoms with E-state index < -0.39 is 54.3 Å². The second kappa shape index (κ2) is 18.0. The first kappa shape index (κ1) is 31.6. The molecule has 0 aliphatic rings. The van der Waals surface area contributed by atoms with Crippen LogP contribution in [-0.4, -0.2) is 84.5 Å². The van der Waals surface area contributed by atoms with Crippen molar-refractivity contribution in [1.82, 2.24) is 21.3 Å². The Morgan fingerprint density at radius 3 is 2.03 bits per heavy atom. The number of carboxylic acids is 1. The molecule has 12 nitrogen and oxygen atoms in total. The lowest BCUT2D eigenvalue weighted by molar-refractivity contribution is -0.142. The van der Waals surface area contributed by atoms with Crippen molar-refractivity contribution in [2.24, 2.45) is 17.4 Å². The number of hydrogen-bond acceptors (Lipinski definition) is 8. The Hall–Kier alpha value is -2.38. The second-order valence-corrected chi connectivity index (χ2v) is 9.24. The minimum Gasteiger partial charge on any atom is -0.480 e. The minimum absolute atomic E-state index is 0.100. The number of rotatable bonds is 18. The summed E-state index contributed by atoms with van der Waals surface area (Å²) >= 11 is 1.48. The van der Waals surface area contributed by atoms with E-state index in [9.17, 15) is 29.1 Å². The summed E-state index contributed by atoms with van der Waals surface area (Å²) in [4.78, 5) is 60.7. The van der Waals surface area contributed by atoms with E-state index in [0.717, 1.165) is 0 Å². The molecule has 3 atom stereocenters. The molecule has 0 fully saturated rings. The molecule has 34 heavy (non-hydrogen) atoms. The number of carbonyl (C=O) groups excluding carboxylic acids is 4. The topological polar surface area (TPSA) is 206 Å². The molecule has 0 aliphatic carbocycles. The van der Waals surface area contributed by atoms with Gasteiger partial charge >= 0.3 is 5.97 Å². The number of amides is 4. The maximum Gasteiger partial charge on any atom is 0.326 e. The normalized spacial score (nSPS) is 13.5. The number of carbonyl (C=O) groups is 5. The zero-order chi connectivity index (χ0) is 26.1. The lowest BCUT2D eigenvalue weighted by atomic mass is 10.0. The number of nitrogens with one attached hydrogen (secondary N) is 4. The van der Waals surface area contributed by atoms with E-state index >= 15 is 0 Å². The monoisotopic (exact) mass is 504 g/mol. The average Bonchev–Trinajstić information content (AvgIpc) is 2.78. The highest BCUT2D eigenvalue weighted by atomic mass is 32.2. The van der Waals surface area contributed by atoms with Crippen LogP contribution in [0.15, 0.2) is 0 Å². The van der Waals surface area contributed by atoms with Crippen molar-refractivity contribution in [3.63, 3.8) is 0 Å². The van der Waals surface area contributed by atoms with E-state index in [0.29, 0.717) is 38.0 Å². The van der Waals surface area contributed by atoms with Gasteiger partial charge in [0.15, 0.2) is 0 Å². The van der Waals surface area contributed by atoms with Gasteiger partial charge < -0.3 is 37.8 Å². The van der Waals surface area contributed by atoms with Gasteiger partial charge in [0.1, 0.15) is 18.1 Å². The zero-order valence-corrected chi connectivity index (χ0v) is 21.0. The van der Waals surface area contributed by atoms with Gasteiger partial charge in [-0.25, -0.2) is 4.79 Å². The molecule has 0 spiro atoms. The van der Waals surface area contributed by atoms with Gasteiger partial charge in [0, 0.05) is 0 Å². The molecule has 0 aromatic carbocycles.